The molecule has 0 fully saturated rings. The van der Waals surface area contributed by atoms with Crippen LogP contribution in [0.1, 0.15) is 11.8 Å². The molecule has 2 heterocycles. The van der Waals surface area contributed by atoms with Crippen LogP contribution in [0.5, 0.6) is 5.75 Å². The van der Waals surface area contributed by atoms with E-state index in [2.05, 4.69) is 84.2 Å². The number of hydrogen-bond acceptors (Lipinski definition) is 4. The summed E-state index contributed by atoms with van der Waals surface area (Å²) in [7, 11) is 0. The molecule has 1 atom stereocenters. The van der Waals surface area contributed by atoms with Gasteiger partial charge in [0, 0.05) is 22.1 Å². The molecule has 0 saturated carbocycles. The minimum absolute atomic E-state index is 0.202. The molecule has 6 aromatic carbocycles. The van der Waals surface area contributed by atoms with Gasteiger partial charge >= 0.3 is 0 Å². The van der Waals surface area contributed by atoms with Crippen molar-refractivity contribution in [1.82, 2.24) is 9.97 Å². The van der Waals surface area contributed by atoms with E-state index in [0.29, 0.717) is 0 Å². The van der Waals surface area contributed by atoms with Gasteiger partial charge in [-0.25, -0.2) is 9.97 Å². The van der Waals surface area contributed by atoms with E-state index in [0.717, 1.165) is 72.4 Å². The Hall–Kier alpha value is -5.48. The second-order valence-corrected chi connectivity index (χ2v) is 10.3. The minimum atomic E-state index is -0.202. The predicted molar refractivity (Wildman–Crippen MR) is 167 cm³/mol. The summed E-state index contributed by atoms with van der Waals surface area (Å²) in [6.07, 6.45) is -0.202. The zero-order valence-corrected chi connectivity index (χ0v) is 22.2. The summed E-state index contributed by atoms with van der Waals surface area (Å²) in [4.78, 5) is 10.2. The van der Waals surface area contributed by atoms with E-state index in [1.165, 1.54) is 0 Å². The van der Waals surface area contributed by atoms with Gasteiger partial charge in [0.1, 0.15) is 0 Å². The molecule has 1 N–H and O–H groups in total. The Kier molecular flexibility index (Phi) is 5.49. The first kappa shape index (κ1) is 23.4. The first-order valence-corrected chi connectivity index (χ1v) is 13.8. The summed E-state index contributed by atoms with van der Waals surface area (Å²) >= 11 is 0. The third-order valence-corrected chi connectivity index (χ3v) is 7.68. The van der Waals surface area contributed by atoms with Gasteiger partial charge in [-0.2, -0.15) is 0 Å². The van der Waals surface area contributed by atoms with Crippen LogP contribution in [-0.4, -0.2) is 9.97 Å². The lowest BCUT2D eigenvalue weighted by molar-refractivity contribution is 0.262. The molecule has 0 saturated heterocycles. The van der Waals surface area contributed by atoms with E-state index in [9.17, 15) is 0 Å². The highest BCUT2D eigenvalue weighted by atomic mass is 16.5. The molecule has 0 aliphatic carbocycles. The Balaban J connectivity index is 1.23. The lowest BCUT2D eigenvalue weighted by atomic mass is 9.97. The molecule has 1 aliphatic rings. The summed E-state index contributed by atoms with van der Waals surface area (Å²) in [5.41, 5.74) is 9.94. The molecule has 0 amide bonds. The Morgan fingerprint density at radius 2 is 1.12 bits per heavy atom. The van der Waals surface area contributed by atoms with Crippen LogP contribution in [0.25, 0.3) is 55.4 Å². The first-order chi connectivity index (χ1) is 20.3. The number of aromatic nitrogens is 2. The zero-order chi connectivity index (χ0) is 27.2. The van der Waals surface area contributed by atoms with Crippen molar-refractivity contribution in [2.75, 3.05) is 5.32 Å². The fourth-order valence-electron chi connectivity index (χ4n) is 5.62. The number of ether oxygens (including phenoxy) is 1. The number of benzene rings is 6. The highest BCUT2D eigenvalue weighted by Crippen LogP contribution is 2.44. The maximum Gasteiger partial charge on any atom is 0.196 e. The molecular formula is C37H25N3O. The van der Waals surface area contributed by atoms with Crippen LogP contribution in [0.2, 0.25) is 0 Å². The number of fused-ring (bicyclic) bond motifs is 4. The molecule has 1 unspecified atom stereocenters. The van der Waals surface area contributed by atoms with Crippen molar-refractivity contribution in [3.63, 3.8) is 0 Å². The van der Waals surface area contributed by atoms with Crippen LogP contribution < -0.4 is 10.1 Å². The molecule has 1 aliphatic heterocycles. The molecule has 8 rings (SSSR count). The van der Waals surface area contributed by atoms with Crippen molar-refractivity contribution in [3.05, 3.63) is 145 Å². The molecule has 4 heteroatoms. The van der Waals surface area contributed by atoms with E-state index in [-0.39, 0.29) is 6.23 Å². The lowest BCUT2D eigenvalue weighted by Crippen LogP contribution is -2.09. The summed E-state index contributed by atoms with van der Waals surface area (Å²) in [5, 5.41) is 5.77. The van der Waals surface area contributed by atoms with Crippen molar-refractivity contribution in [2.45, 2.75) is 6.23 Å². The number of para-hydroxylation sites is 2. The number of rotatable bonds is 4. The van der Waals surface area contributed by atoms with Crippen molar-refractivity contribution in [1.29, 1.82) is 0 Å². The van der Waals surface area contributed by atoms with E-state index in [1.54, 1.807) is 0 Å². The van der Waals surface area contributed by atoms with Gasteiger partial charge in [0.25, 0.3) is 0 Å². The largest absolute Gasteiger partial charge is 0.464 e. The Labute approximate surface area is 237 Å². The van der Waals surface area contributed by atoms with Crippen LogP contribution in [-0.2, 0) is 0 Å². The number of nitrogens with zero attached hydrogens (tertiary/aromatic N) is 2. The quantitative estimate of drug-likeness (QED) is 0.248. The lowest BCUT2D eigenvalue weighted by Gasteiger charge is -2.13. The smallest absolute Gasteiger partial charge is 0.196 e. The van der Waals surface area contributed by atoms with Crippen LogP contribution in [0.15, 0.2) is 140 Å². The summed E-state index contributed by atoms with van der Waals surface area (Å²) in [5.74, 6) is 0.890. The van der Waals surface area contributed by atoms with Gasteiger partial charge in [-0.1, -0.05) is 109 Å². The van der Waals surface area contributed by atoms with E-state index >= 15 is 0 Å². The maximum atomic E-state index is 6.47. The molecule has 4 nitrogen and oxygen atoms in total. The van der Waals surface area contributed by atoms with Gasteiger partial charge in [0.15, 0.2) is 12.0 Å². The van der Waals surface area contributed by atoms with Gasteiger partial charge in [-0.05, 0) is 46.8 Å². The Bertz CT molecular complexity index is 2060. The molecule has 41 heavy (non-hydrogen) atoms. The highest BCUT2D eigenvalue weighted by Gasteiger charge is 2.25. The Morgan fingerprint density at radius 3 is 1.90 bits per heavy atom. The monoisotopic (exact) mass is 527 g/mol. The Morgan fingerprint density at radius 1 is 0.512 bits per heavy atom. The molecular weight excluding hydrogens is 502 g/mol. The zero-order valence-electron chi connectivity index (χ0n) is 22.2. The fourth-order valence-corrected chi connectivity index (χ4v) is 5.62. The fraction of sp³-hybridized carbons (Fsp3) is 0.0270. The second kappa shape index (κ2) is 9.61. The van der Waals surface area contributed by atoms with E-state index < -0.39 is 0 Å². The normalized spacial score (nSPS) is 14.0. The van der Waals surface area contributed by atoms with Crippen molar-refractivity contribution in [3.8, 4) is 39.4 Å². The average molecular weight is 528 g/mol. The number of hydrogen-bond donors (Lipinski definition) is 1. The molecule has 0 radical (unpaired) electrons. The van der Waals surface area contributed by atoms with Crippen LogP contribution in [0.4, 0.5) is 5.69 Å². The number of nitrogens with one attached hydrogen (secondary N) is 1. The summed E-state index contributed by atoms with van der Waals surface area (Å²) in [6, 6.07) is 48.0. The molecule has 0 spiro atoms. The summed E-state index contributed by atoms with van der Waals surface area (Å²) in [6.45, 7) is 0. The van der Waals surface area contributed by atoms with Gasteiger partial charge in [0.05, 0.1) is 28.1 Å². The van der Waals surface area contributed by atoms with Crippen molar-refractivity contribution in [2.24, 2.45) is 0 Å². The van der Waals surface area contributed by atoms with Crippen LogP contribution in [0, 0.1) is 0 Å². The predicted octanol–water partition coefficient (Wildman–Crippen LogP) is 9.29. The third-order valence-electron chi connectivity index (χ3n) is 7.68. The van der Waals surface area contributed by atoms with Crippen molar-refractivity contribution < 1.29 is 4.74 Å². The van der Waals surface area contributed by atoms with E-state index in [1.807, 2.05) is 60.7 Å². The van der Waals surface area contributed by atoms with Gasteiger partial charge in [-0.3, -0.25) is 0 Å². The molecule has 7 aromatic rings. The van der Waals surface area contributed by atoms with Gasteiger partial charge in [0.2, 0.25) is 0 Å². The SMILES string of the molecule is c1ccc(-c2nc3ccccc3nc2-c2cccc(-c3ccc4ccc5c(c4c3)OC(c3ccccc3)N5)c2)cc1. The molecule has 1 aromatic heterocycles. The second-order valence-electron chi connectivity index (χ2n) is 10.3. The van der Waals surface area contributed by atoms with Crippen LogP contribution >= 0.6 is 0 Å². The maximum absolute atomic E-state index is 6.47. The van der Waals surface area contributed by atoms with Crippen molar-refractivity contribution >= 4 is 27.5 Å². The minimum Gasteiger partial charge on any atom is -0.464 e. The standard InChI is InChI=1S/C37H25N3O/c1-3-10-25(11-4-1)34-35(39-32-17-8-7-16-31(32)38-34)29-15-9-14-27(22-29)28-19-18-24-20-21-33-36(30(24)23-28)41-37(40-33)26-12-5-2-6-13-26/h1-23,37,40H. The molecule has 194 valence electrons. The molecule has 0 bridgehead atoms. The van der Waals surface area contributed by atoms with E-state index in [4.69, 9.17) is 14.7 Å². The first-order valence-electron chi connectivity index (χ1n) is 13.8. The van der Waals surface area contributed by atoms with Gasteiger partial charge in [-0.15, -0.1) is 0 Å². The summed E-state index contributed by atoms with van der Waals surface area (Å²) < 4.78 is 6.47. The number of anilines is 1. The highest BCUT2D eigenvalue weighted by molar-refractivity contribution is 5.97. The topological polar surface area (TPSA) is 47.0 Å². The van der Waals surface area contributed by atoms with Crippen LogP contribution in [0.3, 0.4) is 0 Å². The average Bonchev–Trinajstić information content (AvgIpc) is 3.50. The van der Waals surface area contributed by atoms with Gasteiger partial charge < -0.3 is 10.1 Å². The third kappa shape index (κ3) is 4.17.